The van der Waals surface area contributed by atoms with Gasteiger partial charge in [-0.25, -0.2) is 0 Å². The van der Waals surface area contributed by atoms with Crippen LogP contribution in [-0.2, 0) is 14.3 Å². The van der Waals surface area contributed by atoms with E-state index in [1.165, 1.54) is 13.0 Å². The standard InChI is InChI=1S/C19H18BrNO6/c1-4-27-18(26)19(3)6-5-10(22)21-14-12(19)17(25)11-9(16(14)24)7-8(2)15(23)13(11)20/h7,23H,4-6H2,1-3H3,(H,21,22). The maximum absolute atomic E-state index is 13.4. The van der Waals surface area contributed by atoms with Gasteiger partial charge in [0.25, 0.3) is 0 Å². The molecule has 2 N–H and O–H groups in total. The van der Waals surface area contributed by atoms with Crippen molar-refractivity contribution in [1.82, 2.24) is 5.32 Å². The third-order valence-corrected chi connectivity index (χ3v) is 5.77. The number of hydrogen-bond acceptors (Lipinski definition) is 6. The summed E-state index contributed by atoms with van der Waals surface area (Å²) in [6.45, 7) is 4.83. The van der Waals surface area contributed by atoms with Crippen LogP contribution in [0.5, 0.6) is 5.75 Å². The number of phenolic OH excluding ortho intramolecular Hbond substituents is 1. The monoisotopic (exact) mass is 435 g/mol. The van der Waals surface area contributed by atoms with E-state index in [2.05, 4.69) is 21.2 Å². The highest BCUT2D eigenvalue weighted by Gasteiger charge is 2.50. The molecule has 1 atom stereocenters. The summed E-state index contributed by atoms with van der Waals surface area (Å²) in [5.74, 6) is -2.45. The number of carbonyl (C=O) groups excluding carboxylic acids is 4. The van der Waals surface area contributed by atoms with Gasteiger partial charge in [-0.1, -0.05) is 0 Å². The van der Waals surface area contributed by atoms with Crippen LogP contribution in [-0.4, -0.2) is 35.2 Å². The normalized spacial score (nSPS) is 22.0. The van der Waals surface area contributed by atoms with Crippen molar-refractivity contribution < 1.29 is 29.0 Å². The first-order chi connectivity index (χ1) is 12.6. The number of amides is 1. The second-order valence-electron chi connectivity index (χ2n) is 6.79. The number of aryl methyl sites for hydroxylation is 1. The molecule has 3 rings (SSSR count). The lowest BCUT2D eigenvalue weighted by molar-refractivity contribution is -0.152. The fourth-order valence-corrected chi connectivity index (χ4v) is 4.19. The first-order valence-electron chi connectivity index (χ1n) is 8.46. The Morgan fingerprint density at radius 2 is 2.00 bits per heavy atom. The number of allylic oxidation sites excluding steroid dienone is 1. The van der Waals surface area contributed by atoms with Gasteiger partial charge in [-0.2, -0.15) is 0 Å². The van der Waals surface area contributed by atoms with Gasteiger partial charge in [-0.15, -0.1) is 0 Å². The highest BCUT2D eigenvalue weighted by molar-refractivity contribution is 9.10. The van der Waals surface area contributed by atoms with Gasteiger partial charge in [0, 0.05) is 17.6 Å². The molecule has 0 spiro atoms. The molecule has 1 aromatic carbocycles. The van der Waals surface area contributed by atoms with Crippen molar-refractivity contribution in [3.05, 3.63) is 38.5 Å². The molecular formula is C19H18BrNO6. The minimum atomic E-state index is -1.46. The van der Waals surface area contributed by atoms with Gasteiger partial charge in [-0.05, 0) is 54.8 Å². The predicted octanol–water partition coefficient (Wildman–Crippen LogP) is 2.58. The van der Waals surface area contributed by atoms with Crippen LogP contribution >= 0.6 is 15.9 Å². The maximum atomic E-state index is 13.4. The average Bonchev–Trinajstić information content (AvgIpc) is 2.75. The Bertz CT molecular complexity index is 948. The minimum absolute atomic E-state index is 0.0199. The Kier molecular flexibility index (Phi) is 4.71. The predicted molar refractivity (Wildman–Crippen MR) is 98.3 cm³/mol. The molecule has 0 saturated carbocycles. The minimum Gasteiger partial charge on any atom is -0.506 e. The molecule has 1 unspecified atom stereocenters. The molecule has 0 fully saturated rings. The highest BCUT2D eigenvalue weighted by Crippen LogP contribution is 2.46. The molecule has 8 heteroatoms. The summed E-state index contributed by atoms with van der Waals surface area (Å²) in [7, 11) is 0. The summed E-state index contributed by atoms with van der Waals surface area (Å²) in [5.41, 5.74) is -1.31. The number of rotatable bonds is 2. The summed E-state index contributed by atoms with van der Waals surface area (Å²) in [5, 5.41) is 12.7. The molecular weight excluding hydrogens is 418 g/mol. The van der Waals surface area contributed by atoms with E-state index in [-0.39, 0.29) is 52.1 Å². The second-order valence-corrected chi connectivity index (χ2v) is 7.58. The lowest BCUT2D eigenvalue weighted by Crippen LogP contribution is -2.40. The Hall–Kier alpha value is -2.48. The van der Waals surface area contributed by atoms with E-state index in [0.717, 1.165) is 0 Å². The number of Topliss-reactive ketones (excluding diaryl/α,β-unsaturated/α-hetero) is 2. The van der Waals surface area contributed by atoms with Crippen molar-refractivity contribution in [3.8, 4) is 5.75 Å². The number of fused-ring (bicyclic) bond motifs is 1. The summed E-state index contributed by atoms with van der Waals surface area (Å²) >= 11 is 3.19. The zero-order valence-corrected chi connectivity index (χ0v) is 16.7. The number of nitrogens with one attached hydrogen (secondary N) is 1. The number of ketones is 2. The van der Waals surface area contributed by atoms with E-state index in [4.69, 9.17) is 4.74 Å². The van der Waals surface area contributed by atoms with Crippen LogP contribution < -0.4 is 5.32 Å². The zero-order valence-electron chi connectivity index (χ0n) is 15.1. The van der Waals surface area contributed by atoms with E-state index in [9.17, 15) is 24.3 Å². The first kappa shape index (κ1) is 19.3. The molecule has 0 bridgehead atoms. The van der Waals surface area contributed by atoms with Gasteiger partial charge in [0.2, 0.25) is 11.7 Å². The number of phenols is 1. The number of carbonyl (C=O) groups is 4. The first-order valence-corrected chi connectivity index (χ1v) is 9.26. The molecule has 1 amide bonds. The van der Waals surface area contributed by atoms with Crippen LogP contribution in [0, 0.1) is 12.3 Å². The summed E-state index contributed by atoms with van der Waals surface area (Å²) in [4.78, 5) is 51.3. The second kappa shape index (κ2) is 6.60. The molecule has 1 aromatic rings. The average molecular weight is 436 g/mol. The van der Waals surface area contributed by atoms with Crippen molar-refractivity contribution in [3.63, 3.8) is 0 Å². The molecule has 0 radical (unpaired) electrons. The molecule has 7 nitrogen and oxygen atoms in total. The Labute approximate surface area is 163 Å². The van der Waals surface area contributed by atoms with Gasteiger partial charge in [-0.3, -0.25) is 19.2 Å². The number of aromatic hydroxyl groups is 1. The summed E-state index contributed by atoms with van der Waals surface area (Å²) in [6.07, 6.45) is -0.00895. The van der Waals surface area contributed by atoms with Crippen LogP contribution in [0.1, 0.15) is 53.0 Å². The van der Waals surface area contributed by atoms with Crippen molar-refractivity contribution in [2.24, 2.45) is 5.41 Å². The van der Waals surface area contributed by atoms with Crippen LogP contribution in [0.3, 0.4) is 0 Å². The molecule has 27 heavy (non-hydrogen) atoms. The maximum Gasteiger partial charge on any atom is 0.316 e. The van der Waals surface area contributed by atoms with Crippen molar-refractivity contribution >= 4 is 39.4 Å². The molecule has 1 heterocycles. The number of benzene rings is 1. The SMILES string of the molecule is CCOC(=O)C1(C)CCC(=O)NC2=C1C(=O)c1c(cc(C)c(O)c1Br)C2=O. The molecule has 0 aromatic heterocycles. The number of esters is 1. The topological polar surface area (TPSA) is 110 Å². The Morgan fingerprint density at radius 1 is 1.33 bits per heavy atom. The van der Waals surface area contributed by atoms with E-state index in [0.29, 0.717) is 5.56 Å². The van der Waals surface area contributed by atoms with Crippen LogP contribution in [0.2, 0.25) is 0 Å². The largest absolute Gasteiger partial charge is 0.506 e. The van der Waals surface area contributed by atoms with E-state index >= 15 is 0 Å². The number of hydrogen-bond donors (Lipinski definition) is 2. The van der Waals surface area contributed by atoms with E-state index in [1.54, 1.807) is 13.8 Å². The molecule has 1 aliphatic carbocycles. The fraction of sp³-hybridized carbons (Fsp3) is 0.368. The van der Waals surface area contributed by atoms with E-state index < -0.39 is 28.9 Å². The van der Waals surface area contributed by atoms with Gasteiger partial charge < -0.3 is 15.2 Å². The molecule has 1 aliphatic heterocycles. The fourth-order valence-electron chi connectivity index (χ4n) is 3.49. The quantitative estimate of drug-likeness (QED) is 0.690. The van der Waals surface area contributed by atoms with E-state index in [1.807, 2.05) is 0 Å². The van der Waals surface area contributed by atoms with Gasteiger partial charge in [0.05, 0.1) is 27.8 Å². The summed E-state index contributed by atoms with van der Waals surface area (Å²) in [6, 6.07) is 1.40. The molecule has 0 saturated heterocycles. The van der Waals surface area contributed by atoms with Gasteiger partial charge >= 0.3 is 5.97 Å². The Balaban J connectivity index is 2.32. The smallest absolute Gasteiger partial charge is 0.316 e. The van der Waals surface area contributed by atoms with Gasteiger partial charge in [0.15, 0.2) is 5.78 Å². The highest BCUT2D eigenvalue weighted by atomic mass is 79.9. The number of halogens is 1. The van der Waals surface area contributed by atoms with Crippen molar-refractivity contribution in [1.29, 1.82) is 0 Å². The van der Waals surface area contributed by atoms with Crippen LogP contribution in [0.15, 0.2) is 21.8 Å². The summed E-state index contributed by atoms with van der Waals surface area (Å²) < 4.78 is 5.22. The van der Waals surface area contributed by atoms with Crippen LogP contribution in [0.25, 0.3) is 0 Å². The third-order valence-electron chi connectivity index (χ3n) is 5.00. The lowest BCUT2D eigenvalue weighted by Gasteiger charge is -2.31. The zero-order chi connectivity index (χ0) is 20.1. The molecule has 2 aliphatic rings. The lowest BCUT2D eigenvalue weighted by atomic mass is 9.71. The van der Waals surface area contributed by atoms with Crippen molar-refractivity contribution in [2.75, 3.05) is 6.61 Å². The molecule has 142 valence electrons. The van der Waals surface area contributed by atoms with Crippen LogP contribution in [0.4, 0.5) is 0 Å². The van der Waals surface area contributed by atoms with Crippen molar-refractivity contribution in [2.45, 2.75) is 33.6 Å². The Morgan fingerprint density at radius 3 is 2.63 bits per heavy atom. The number of ether oxygens (including phenoxy) is 1. The third kappa shape index (κ3) is 2.79. The van der Waals surface area contributed by atoms with Gasteiger partial charge in [0.1, 0.15) is 5.75 Å².